The Morgan fingerprint density at radius 2 is 1.86 bits per heavy atom. The van der Waals surface area contributed by atoms with Gasteiger partial charge in [-0.3, -0.25) is 9.36 Å². The Labute approximate surface area is 228 Å². The maximum Gasteiger partial charge on any atom is 0.328 e. The van der Waals surface area contributed by atoms with E-state index in [2.05, 4.69) is 4.98 Å². The molecule has 190 valence electrons. The molecular weight excluding hydrogens is 535 g/mol. The van der Waals surface area contributed by atoms with Crippen LogP contribution < -0.4 is 0 Å². The summed E-state index contributed by atoms with van der Waals surface area (Å²) in [6.45, 7) is 1.77. The van der Waals surface area contributed by atoms with E-state index in [1.54, 1.807) is 41.2 Å². The van der Waals surface area contributed by atoms with Gasteiger partial charge in [-0.05, 0) is 55.2 Å². The van der Waals surface area contributed by atoms with Crippen LogP contribution in [-0.2, 0) is 10.2 Å². The lowest BCUT2D eigenvalue weighted by molar-refractivity contribution is -0.131. The van der Waals surface area contributed by atoms with Crippen molar-refractivity contribution >= 4 is 63.7 Å². The Morgan fingerprint density at radius 3 is 2.46 bits per heavy atom. The molecule has 2 aromatic heterocycles. The van der Waals surface area contributed by atoms with Gasteiger partial charge in [0.25, 0.3) is 5.91 Å². The van der Waals surface area contributed by atoms with Crippen molar-refractivity contribution in [2.45, 2.75) is 31.6 Å². The van der Waals surface area contributed by atoms with Crippen molar-refractivity contribution in [2.24, 2.45) is 0 Å². The van der Waals surface area contributed by atoms with Crippen LogP contribution >= 0.6 is 34.8 Å². The van der Waals surface area contributed by atoms with Crippen LogP contribution in [0.5, 0.6) is 0 Å². The van der Waals surface area contributed by atoms with Crippen LogP contribution in [-0.4, -0.2) is 38.2 Å². The lowest BCUT2D eigenvalue weighted by Gasteiger charge is -2.40. The first-order chi connectivity index (χ1) is 17.7. The fourth-order valence-electron chi connectivity index (χ4n) is 5.26. The van der Waals surface area contributed by atoms with Crippen molar-refractivity contribution in [1.82, 2.24) is 9.55 Å². The predicted octanol–water partition coefficient (Wildman–Crippen LogP) is 7.11. The van der Waals surface area contributed by atoms with Gasteiger partial charge >= 0.3 is 5.97 Å². The van der Waals surface area contributed by atoms with Crippen LogP contribution in [0, 0.1) is 6.92 Å². The highest BCUT2D eigenvalue weighted by molar-refractivity contribution is 6.42. The number of aliphatic carboxylic acids is 1. The highest BCUT2D eigenvalue weighted by Crippen LogP contribution is 2.48. The fraction of sp³-hybridized carbons (Fsp3) is 0.214. The van der Waals surface area contributed by atoms with Crippen molar-refractivity contribution in [2.75, 3.05) is 6.61 Å². The van der Waals surface area contributed by atoms with Gasteiger partial charge in [0.1, 0.15) is 0 Å². The SMILES string of the molecule is Cc1cn(C(=O)c2c(-c3c(Cl)cc(Cl)cc3Cl)c[nH]c2C2(CO)CCC2)c2cccc(/C=C/C(=O)O)c12. The van der Waals surface area contributed by atoms with E-state index in [1.807, 2.05) is 13.0 Å². The summed E-state index contributed by atoms with van der Waals surface area (Å²) in [6, 6.07) is 8.55. The number of rotatable bonds is 6. The van der Waals surface area contributed by atoms with E-state index in [0.717, 1.165) is 36.3 Å². The van der Waals surface area contributed by atoms with E-state index in [-0.39, 0.29) is 12.5 Å². The van der Waals surface area contributed by atoms with Crippen molar-refractivity contribution in [3.8, 4) is 11.1 Å². The number of H-pyrrole nitrogens is 1. The summed E-state index contributed by atoms with van der Waals surface area (Å²) in [5.74, 6) is -1.37. The number of aromatic nitrogens is 2. The van der Waals surface area contributed by atoms with E-state index in [9.17, 15) is 14.7 Å². The number of nitrogens with one attached hydrogen (secondary N) is 1. The molecule has 2 heterocycles. The quantitative estimate of drug-likeness (QED) is 0.220. The lowest BCUT2D eigenvalue weighted by Crippen LogP contribution is -2.40. The second-order valence-electron chi connectivity index (χ2n) is 9.39. The molecule has 0 bridgehead atoms. The van der Waals surface area contributed by atoms with E-state index < -0.39 is 11.4 Å². The van der Waals surface area contributed by atoms with Crippen LogP contribution in [0.1, 0.15) is 46.4 Å². The molecule has 4 aromatic rings. The average Bonchev–Trinajstić information content (AvgIpc) is 3.39. The largest absolute Gasteiger partial charge is 0.478 e. The predicted molar refractivity (Wildman–Crippen MR) is 147 cm³/mol. The summed E-state index contributed by atoms with van der Waals surface area (Å²) in [5.41, 5.74) is 3.59. The molecule has 1 fully saturated rings. The second kappa shape index (κ2) is 9.69. The van der Waals surface area contributed by atoms with Gasteiger partial charge < -0.3 is 15.2 Å². The molecule has 0 aliphatic heterocycles. The number of aryl methyl sites for hydroxylation is 1. The number of carboxylic acids is 1. The molecule has 1 saturated carbocycles. The standard InChI is InChI=1S/C28H23Cl3N2O4/c1-15-13-33(21-5-2-4-16(23(15)21)6-7-22(35)36)27(37)25-18(24-19(30)10-17(29)11-20(24)31)12-32-26(25)28(14-34)8-3-9-28/h2,4-7,10-13,32,34H,3,8-9,14H2,1H3,(H,35,36)/b7-6+. The Hall–Kier alpha value is -3.03. The number of carbonyl (C=O) groups is 2. The van der Waals surface area contributed by atoms with Crippen molar-refractivity contribution < 1.29 is 19.8 Å². The van der Waals surface area contributed by atoms with Gasteiger partial charge in [-0.2, -0.15) is 0 Å². The number of carboxylic acid groups (broad SMARTS) is 1. The van der Waals surface area contributed by atoms with E-state index >= 15 is 0 Å². The monoisotopic (exact) mass is 556 g/mol. The van der Waals surface area contributed by atoms with Crippen molar-refractivity contribution in [1.29, 1.82) is 0 Å². The zero-order valence-electron chi connectivity index (χ0n) is 19.8. The number of aliphatic hydroxyl groups excluding tert-OH is 1. The molecule has 0 spiro atoms. The maximum absolute atomic E-state index is 14.4. The smallest absolute Gasteiger partial charge is 0.328 e. The Bertz CT molecular complexity index is 1570. The molecule has 9 heteroatoms. The number of aliphatic hydroxyl groups is 1. The molecule has 0 atom stereocenters. The number of fused-ring (bicyclic) bond motifs is 1. The van der Waals surface area contributed by atoms with Crippen molar-refractivity contribution in [3.63, 3.8) is 0 Å². The van der Waals surface area contributed by atoms with E-state index in [4.69, 9.17) is 39.9 Å². The molecule has 37 heavy (non-hydrogen) atoms. The van der Waals surface area contributed by atoms with Gasteiger partial charge in [0.15, 0.2) is 0 Å². The van der Waals surface area contributed by atoms with Crippen LogP contribution in [0.2, 0.25) is 15.1 Å². The number of benzene rings is 2. The topological polar surface area (TPSA) is 95.3 Å². The number of carbonyl (C=O) groups excluding carboxylic acids is 1. The Balaban J connectivity index is 1.75. The minimum Gasteiger partial charge on any atom is -0.478 e. The summed E-state index contributed by atoms with van der Waals surface area (Å²) < 4.78 is 1.56. The summed E-state index contributed by atoms with van der Waals surface area (Å²) >= 11 is 19.3. The molecule has 5 rings (SSSR count). The highest BCUT2D eigenvalue weighted by atomic mass is 35.5. The lowest BCUT2D eigenvalue weighted by atomic mass is 9.66. The van der Waals surface area contributed by atoms with Gasteiger partial charge in [-0.1, -0.05) is 53.4 Å². The molecule has 0 radical (unpaired) electrons. The van der Waals surface area contributed by atoms with E-state index in [0.29, 0.717) is 48.5 Å². The highest BCUT2D eigenvalue weighted by Gasteiger charge is 2.43. The first kappa shape index (κ1) is 25.6. The molecule has 0 amide bonds. The number of aromatic amines is 1. The number of hydrogen-bond acceptors (Lipinski definition) is 3. The van der Waals surface area contributed by atoms with Gasteiger partial charge in [0.2, 0.25) is 0 Å². The van der Waals surface area contributed by atoms with Crippen LogP contribution in [0.15, 0.2) is 48.8 Å². The summed E-state index contributed by atoms with van der Waals surface area (Å²) in [6.07, 6.45) is 8.45. The minimum atomic E-state index is -1.06. The zero-order valence-corrected chi connectivity index (χ0v) is 22.1. The first-order valence-electron chi connectivity index (χ1n) is 11.7. The summed E-state index contributed by atoms with van der Waals surface area (Å²) in [7, 11) is 0. The van der Waals surface area contributed by atoms with Crippen LogP contribution in [0.3, 0.4) is 0 Å². The average molecular weight is 558 g/mol. The molecule has 2 aromatic carbocycles. The number of hydrogen-bond donors (Lipinski definition) is 3. The number of nitrogens with zero attached hydrogens (tertiary/aromatic N) is 1. The first-order valence-corrected chi connectivity index (χ1v) is 12.8. The summed E-state index contributed by atoms with van der Waals surface area (Å²) in [4.78, 5) is 28.7. The van der Waals surface area contributed by atoms with Crippen LogP contribution in [0.25, 0.3) is 28.1 Å². The molecule has 1 aliphatic rings. The summed E-state index contributed by atoms with van der Waals surface area (Å²) in [5, 5.41) is 21.2. The second-order valence-corrected chi connectivity index (χ2v) is 10.6. The van der Waals surface area contributed by atoms with Crippen molar-refractivity contribution in [3.05, 3.63) is 86.3 Å². The number of halogens is 3. The Kier molecular flexibility index (Phi) is 6.71. The molecule has 3 N–H and O–H groups in total. The fourth-order valence-corrected chi connectivity index (χ4v) is 6.28. The van der Waals surface area contributed by atoms with Gasteiger partial charge in [0, 0.05) is 51.1 Å². The third-order valence-corrected chi connectivity index (χ3v) is 8.00. The normalized spacial score (nSPS) is 14.8. The minimum absolute atomic E-state index is 0.106. The third-order valence-electron chi connectivity index (χ3n) is 7.19. The molecule has 0 unspecified atom stereocenters. The molecule has 1 aliphatic carbocycles. The van der Waals surface area contributed by atoms with Gasteiger partial charge in [0.05, 0.1) is 27.7 Å². The molecular formula is C28H23Cl3N2O4. The molecule has 0 saturated heterocycles. The van der Waals surface area contributed by atoms with Gasteiger partial charge in [-0.25, -0.2) is 4.79 Å². The van der Waals surface area contributed by atoms with Crippen LogP contribution in [0.4, 0.5) is 0 Å². The van der Waals surface area contributed by atoms with Gasteiger partial charge in [-0.15, -0.1) is 0 Å². The Morgan fingerprint density at radius 1 is 1.16 bits per heavy atom. The van der Waals surface area contributed by atoms with E-state index in [1.165, 1.54) is 6.08 Å². The zero-order chi connectivity index (χ0) is 26.5. The maximum atomic E-state index is 14.4. The third kappa shape index (κ3) is 4.28. The molecule has 6 nitrogen and oxygen atoms in total.